The largest absolute Gasteiger partial charge is 0.271 e. The summed E-state index contributed by atoms with van der Waals surface area (Å²) in [6.07, 6.45) is 3.45. The van der Waals surface area contributed by atoms with Gasteiger partial charge in [-0.25, -0.2) is 0 Å². The molecule has 0 fully saturated rings. The first-order valence-corrected chi connectivity index (χ1v) is 7.16. The molecule has 17 heavy (non-hydrogen) atoms. The van der Waals surface area contributed by atoms with Crippen molar-refractivity contribution in [2.45, 2.75) is 39.2 Å². The van der Waals surface area contributed by atoms with Crippen LogP contribution in [0.1, 0.15) is 44.7 Å². The van der Waals surface area contributed by atoms with Crippen LogP contribution in [-0.2, 0) is 0 Å². The van der Waals surface area contributed by atoms with Crippen LogP contribution in [-0.4, -0.2) is 0 Å². The fraction of sp³-hybridized carbons (Fsp3) is 0.538. The summed E-state index contributed by atoms with van der Waals surface area (Å²) in [5, 5.41) is 0.734. The summed E-state index contributed by atoms with van der Waals surface area (Å²) >= 11 is 9.50. The summed E-state index contributed by atoms with van der Waals surface area (Å²) in [5.74, 6) is 6.29. The minimum absolute atomic E-state index is 0.159. The topological polar surface area (TPSA) is 38.0 Å². The fourth-order valence-corrected chi connectivity index (χ4v) is 2.98. The van der Waals surface area contributed by atoms with Crippen molar-refractivity contribution in [1.29, 1.82) is 0 Å². The molecule has 1 aromatic carbocycles. The van der Waals surface area contributed by atoms with Crippen LogP contribution in [0.2, 0.25) is 5.02 Å². The zero-order chi connectivity index (χ0) is 12.8. The Morgan fingerprint density at radius 1 is 1.41 bits per heavy atom. The van der Waals surface area contributed by atoms with E-state index in [0.717, 1.165) is 21.5 Å². The van der Waals surface area contributed by atoms with E-state index < -0.39 is 0 Å². The number of nitrogens with one attached hydrogen (secondary N) is 1. The Bertz CT molecular complexity index is 337. The summed E-state index contributed by atoms with van der Waals surface area (Å²) in [4.78, 5) is 0. The lowest BCUT2D eigenvalue weighted by Crippen LogP contribution is -2.29. The van der Waals surface area contributed by atoms with Crippen LogP contribution in [0.3, 0.4) is 0 Å². The molecule has 2 unspecified atom stereocenters. The van der Waals surface area contributed by atoms with E-state index in [2.05, 4.69) is 41.3 Å². The number of rotatable bonds is 6. The van der Waals surface area contributed by atoms with Gasteiger partial charge in [0.2, 0.25) is 0 Å². The third kappa shape index (κ3) is 4.96. The molecule has 0 heterocycles. The fourth-order valence-electron chi connectivity index (χ4n) is 2.09. The highest BCUT2D eigenvalue weighted by atomic mass is 79.9. The lowest BCUT2D eigenvalue weighted by atomic mass is 9.93. The highest BCUT2D eigenvalue weighted by molar-refractivity contribution is 9.10. The van der Waals surface area contributed by atoms with Gasteiger partial charge in [0.25, 0.3) is 0 Å². The van der Waals surface area contributed by atoms with E-state index in [4.69, 9.17) is 17.4 Å². The average Bonchev–Trinajstić information content (AvgIpc) is 2.24. The maximum atomic E-state index is 6.05. The van der Waals surface area contributed by atoms with Gasteiger partial charge < -0.3 is 0 Å². The number of hydrogen-bond acceptors (Lipinski definition) is 2. The molecule has 0 aromatic heterocycles. The molecule has 0 saturated heterocycles. The van der Waals surface area contributed by atoms with Crippen LogP contribution in [0, 0.1) is 5.92 Å². The monoisotopic (exact) mass is 318 g/mol. The van der Waals surface area contributed by atoms with Crippen molar-refractivity contribution in [1.82, 2.24) is 5.43 Å². The number of halogens is 2. The Morgan fingerprint density at radius 3 is 2.65 bits per heavy atom. The van der Waals surface area contributed by atoms with Gasteiger partial charge in [-0.1, -0.05) is 54.2 Å². The number of nitrogens with two attached hydrogens (primary N) is 1. The Morgan fingerprint density at radius 2 is 2.12 bits per heavy atom. The Hall–Kier alpha value is -0.0900. The van der Waals surface area contributed by atoms with Crippen molar-refractivity contribution in [3.8, 4) is 0 Å². The first-order valence-electron chi connectivity index (χ1n) is 5.99. The second-order valence-electron chi connectivity index (χ2n) is 4.55. The van der Waals surface area contributed by atoms with Crippen molar-refractivity contribution in [3.63, 3.8) is 0 Å². The third-order valence-corrected chi connectivity index (χ3v) is 3.58. The van der Waals surface area contributed by atoms with Crippen molar-refractivity contribution in [2.75, 3.05) is 0 Å². The predicted molar refractivity (Wildman–Crippen MR) is 77.9 cm³/mol. The van der Waals surface area contributed by atoms with Crippen LogP contribution in [0.4, 0.5) is 0 Å². The van der Waals surface area contributed by atoms with Gasteiger partial charge in [0, 0.05) is 15.5 Å². The van der Waals surface area contributed by atoms with E-state index >= 15 is 0 Å². The molecule has 0 aliphatic heterocycles. The molecule has 0 aliphatic rings. The van der Waals surface area contributed by atoms with E-state index in [1.165, 1.54) is 12.8 Å². The minimum Gasteiger partial charge on any atom is -0.271 e. The van der Waals surface area contributed by atoms with E-state index in [1.807, 2.05) is 12.1 Å². The minimum atomic E-state index is 0.159. The lowest BCUT2D eigenvalue weighted by molar-refractivity contribution is 0.394. The molecule has 1 rings (SSSR count). The normalized spacial score (nSPS) is 14.6. The van der Waals surface area contributed by atoms with Gasteiger partial charge in [0.05, 0.1) is 0 Å². The number of benzene rings is 1. The third-order valence-electron chi connectivity index (χ3n) is 2.91. The molecule has 2 nitrogen and oxygen atoms in total. The van der Waals surface area contributed by atoms with E-state index in [1.54, 1.807) is 0 Å². The molecule has 3 N–H and O–H groups in total. The molecule has 0 spiro atoms. The molecule has 0 radical (unpaired) electrons. The van der Waals surface area contributed by atoms with Crippen LogP contribution in [0.25, 0.3) is 0 Å². The van der Waals surface area contributed by atoms with Crippen LogP contribution < -0.4 is 11.3 Å². The van der Waals surface area contributed by atoms with Crippen molar-refractivity contribution < 1.29 is 0 Å². The predicted octanol–water partition coefficient (Wildman–Crippen LogP) is 4.43. The highest BCUT2D eigenvalue weighted by Crippen LogP contribution is 2.28. The molecular formula is C13H20BrClN2. The summed E-state index contributed by atoms with van der Waals surface area (Å²) in [7, 11) is 0. The van der Waals surface area contributed by atoms with Gasteiger partial charge >= 0.3 is 0 Å². The lowest BCUT2D eigenvalue weighted by Gasteiger charge is -2.21. The van der Waals surface area contributed by atoms with Crippen LogP contribution in [0.5, 0.6) is 0 Å². The van der Waals surface area contributed by atoms with Crippen LogP contribution in [0.15, 0.2) is 22.7 Å². The van der Waals surface area contributed by atoms with Gasteiger partial charge in [0.1, 0.15) is 0 Å². The molecule has 0 aliphatic carbocycles. The smallest absolute Gasteiger partial charge is 0.0463 e. The zero-order valence-corrected chi connectivity index (χ0v) is 12.7. The van der Waals surface area contributed by atoms with Gasteiger partial charge in [-0.2, -0.15) is 0 Å². The SMILES string of the molecule is CCCC(C)CC(NN)c1cc(Cl)cc(Br)c1. The van der Waals surface area contributed by atoms with Crippen LogP contribution >= 0.6 is 27.5 Å². The van der Waals surface area contributed by atoms with Gasteiger partial charge in [-0.05, 0) is 36.1 Å². The summed E-state index contributed by atoms with van der Waals surface area (Å²) in [6, 6.07) is 6.07. The second kappa shape index (κ2) is 7.37. The van der Waals surface area contributed by atoms with Crippen molar-refractivity contribution in [2.24, 2.45) is 11.8 Å². The van der Waals surface area contributed by atoms with Crippen molar-refractivity contribution in [3.05, 3.63) is 33.3 Å². The van der Waals surface area contributed by atoms with E-state index in [-0.39, 0.29) is 6.04 Å². The summed E-state index contributed by atoms with van der Waals surface area (Å²) in [6.45, 7) is 4.46. The first-order chi connectivity index (χ1) is 8.06. The first kappa shape index (κ1) is 15.0. The Balaban J connectivity index is 2.78. The Kier molecular flexibility index (Phi) is 6.49. The number of hydrogen-bond donors (Lipinski definition) is 2. The molecule has 4 heteroatoms. The molecule has 0 bridgehead atoms. The van der Waals surface area contributed by atoms with E-state index in [0.29, 0.717) is 5.92 Å². The maximum absolute atomic E-state index is 6.05. The molecule has 0 amide bonds. The average molecular weight is 320 g/mol. The molecular weight excluding hydrogens is 300 g/mol. The standard InChI is InChI=1S/C13H20BrClN2/c1-3-4-9(2)5-13(17-16)10-6-11(14)8-12(15)7-10/h6-9,13,17H,3-5,16H2,1-2H3. The number of hydrazine groups is 1. The van der Waals surface area contributed by atoms with E-state index in [9.17, 15) is 0 Å². The molecule has 0 saturated carbocycles. The highest BCUT2D eigenvalue weighted by Gasteiger charge is 2.14. The summed E-state index contributed by atoms with van der Waals surface area (Å²) in [5.41, 5.74) is 4.02. The maximum Gasteiger partial charge on any atom is 0.0463 e. The second-order valence-corrected chi connectivity index (χ2v) is 5.90. The van der Waals surface area contributed by atoms with Crippen molar-refractivity contribution >= 4 is 27.5 Å². The molecule has 2 atom stereocenters. The van der Waals surface area contributed by atoms with Gasteiger partial charge in [0.15, 0.2) is 0 Å². The van der Waals surface area contributed by atoms with Gasteiger partial charge in [-0.15, -0.1) is 0 Å². The quantitative estimate of drug-likeness (QED) is 0.601. The Labute approximate surface area is 117 Å². The molecule has 1 aromatic rings. The molecule has 96 valence electrons. The summed E-state index contributed by atoms with van der Waals surface area (Å²) < 4.78 is 0.989. The van der Waals surface area contributed by atoms with Gasteiger partial charge in [-0.3, -0.25) is 11.3 Å². The zero-order valence-electron chi connectivity index (χ0n) is 10.3.